The summed E-state index contributed by atoms with van der Waals surface area (Å²) in [6, 6.07) is -0.983. The summed E-state index contributed by atoms with van der Waals surface area (Å²) in [6.07, 6.45) is 1.06. The third kappa shape index (κ3) is 9.98. The van der Waals surface area contributed by atoms with Gasteiger partial charge in [-0.05, 0) is 14.1 Å². The monoisotopic (exact) mass is 330 g/mol. The fourth-order valence-electron chi connectivity index (χ4n) is 1.48. The third-order valence-electron chi connectivity index (χ3n) is 2.31. The molecule has 0 aliphatic heterocycles. The van der Waals surface area contributed by atoms with Crippen LogP contribution < -0.4 is 27.8 Å². The first-order chi connectivity index (χ1) is 10.9. The average molecular weight is 330 g/mol. The number of carbonyl (C=O) groups is 3. The number of amides is 3. The van der Waals surface area contributed by atoms with Crippen molar-refractivity contribution in [3.63, 3.8) is 0 Å². The number of hydrogen-bond acceptors (Lipinski definition) is 7. The Kier molecular flexibility index (Phi) is 13.1. The Balaban J connectivity index is 0. The number of carbonyl (C=O) groups excluding carboxylic acids is 3. The van der Waals surface area contributed by atoms with Gasteiger partial charge in [-0.25, -0.2) is 4.98 Å². The van der Waals surface area contributed by atoms with Gasteiger partial charge in [0.05, 0.1) is 18.5 Å². The maximum absolute atomic E-state index is 11.7. The summed E-state index contributed by atoms with van der Waals surface area (Å²) in [7, 11) is 4.41. The highest BCUT2D eigenvalue weighted by Crippen LogP contribution is 2.01. The molecule has 132 valence electrons. The van der Waals surface area contributed by atoms with E-state index in [9.17, 15) is 14.4 Å². The molecule has 0 spiro atoms. The molecule has 3 amide bonds. The lowest BCUT2D eigenvalue weighted by Gasteiger charge is -2.15. The van der Waals surface area contributed by atoms with Crippen molar-refractivity contribution < 1.29 is 18.8 Å². The Labute approximate surface area is 135 Å². The average Bonchev–Trinajstić information content (AvgIpc) is 2.94. The molecule has 0 aromatic carbocycles. The van der Waals surface area contributed by atoms with Crippen LogP contribution in [0.2, 0.25) is 0 Å². The van der Waals surface area contributed by atoms with Crippen LogP contribution in [0.5, 0.6) is 0 Å². The topological polar surface area (TPSA) is 179 Å². The molecule has 0 unspecified atom stereocenters. The molecule has 1 atom stereocenters. The fraction of sp³-hybridized carbons (Fsp3) is 0.538. The minimum absolute atomic E-state index is 0.0381. The SMILES string of the molecule is CN.CN.CNC(=O)[C@H](CC(N)=O)NC(=O)Cc1coc(C)n1. The normalized spacial score (nSPS) is 10.2. The zero-order valence-corrected chi connectivity index (χ0v) is 13.9. The molecule has 0 aliphatic carbocycles. The highest BCUT2D eigenvalue weighted by molar-refractivity contribution is 5.91. The van der Waals surface area contributed by atoms with Gasteiger partial charge in [0, 0.05) is 14.0 Å². The van der Waals surface area contributed by atoms with Crippen molar-refractivity contribution in [1.82, 2.24) is 15.6 Å². The number of likely N-dealkylation sites (N-methyl/N-ethyl adjacent to an activating group) is 1. The minimum Gasteiger partial charge on any atom is -0.449 e. The van der Waals surface area contributed by atoms with Crippen LogP contribution in [-0.4, -0.2) is 49.9 Å². The van der Waals surface area contributed by atoms with Gasteiger partial charge in [-0.15, -0.1) is 0 Å². The molecule has 0 saturated carbocycles. The lowest BCUT2D eigenvalue weighted by molar-refractivity contribution is -0.130. The van der Waals surface area contributed by atoms with Crippen molar-refractivity contribution in [3.05, 3.63) is 17.8 Å². The molecule has 1 heterocycles. The lowest BCUT2D eigenvalue weighted by Crippen LogP contribution is -2.48. The molecule has 23 heavy (non-hydrogen) atoms. The van der Waals surface area contributed by atoms with Gasteiger partial charge in [0.2, 0.25) is 17.7 Å². The summed E-state index contributed by atoms with van der Waals surface area (Å²) >= 11 is 0. The molecule has 1 aromatic rings. The van der Waals surface area contributed by atoms with Gasteiger partial charge < -0.3 is 32.3 Å². The van der Waals surface area contributed by atoms with E-state index < -0.39 is 23.8 Å². The van der Waals surface area contributed by atoms with Crippen LogP contribution in [-0.2, 0) is 20.8 Å². The van der Waals surface area contributed by atoms with Crippen molar-refractivity contribution in [2.75, 3.05) is 21.1 Å². The van der Waals surface area contributed by atoms with E-state index in [1.807, 2.05) is 0 Å². The number of nitrogens with zero attached hydrogens (tertiary/aromatic N) is 1. The number of rotatable bonds is 6. The first kappa shape index (κ1) is 22.8. The molecule has 10 nitrogen and oxygen atoms in total. The Hall–Kier alpha value is -2.46. The van der Waals surface area contributed by atoms with Crippen LogP contribution in [0.15, 0.2) is 10.7 Å². The highest BCUT2D eigenvalue weighted by atomic mass is 16.3. The van der Waals surface area contributed by atoms with Crippen LogP contribution in [0.1, 0.15) is 18.0 Å². The lowest BCUT2D eigenvalue weighted by atomic mass is 10.1. The van der Waals surface area contributed by atoms with Gasteiger partial charge in [0.25, 0.3) is 0 Å². The molecular weight excluding hydrogens is 304 g/mol. The van der Waals surface area contributed by atoms with E-state index in [-0.39, 0.29) is 12.8 Å². The van der Waals surface area contributed by atoms with E-state index in [1.54, 1.807) is 6.92 Å². The molecule has 1 aromatic heterocycles. The van der Waals surface area contributed by atoms with E-state index in [1.165, 1.54) is 27.4 Å². The van der Waals surface area contributed by atoms with Crippen LogP contribution in [0.25, 0.3) is 0 Å². The second-order valence-corrected chi connectivity index (χ2v) is 3.94. The van der Waals surface area contributed by atoms with Gasteiger partial charge in [0.1, 0.15) is 12.3 Å². The van der Waals surface area contributed by atoms with Gasteiger partial charge in [-0.3, -0.25) is 14.4 Å². The Morgan fingerprint density at radius 2 is 1.83 bits per heavy atom. The summed E-state index contributed by atoms with van der Waals surface area (Å²) in [6.45, 7) is 1.65. The van der Waals surface area contributed by atoms with Crippen molar-refractivity contribution >= 4 is 17.7 Å². The molecule has 0 fully saturated rings. The summed E-state index contributed by atoms with van der Waals surface area (Å²) in [4.78, 5) is 38.0. The Morgan fingerprint density at radius 1 is 1.26 bits per heavy atom. The maximum atomic E-state index is 11.7. The van der Waals surface area contributed by atoms with Crippen molar-refractivity contribution in [2.24, 2.45) is 17.2 Å². The van der Waals surface area contributed by atoms with Gasteiger partial charge in [-0.2, -0.15) is 0 Å². The van der Waals surface area contributed by atoms with E-state index in [0.717, 1.165) is 0 Å². The minimum atomic E-state index is -0.983. The molecular formula is C13H26N6O4. The summed E-state index contributed by atoms with van der Waals surface area (Å²) in [5.41, 5.74) is 14.5. The molecule has 1 rings (SSSR count). The standard InChI is InChI=1S/C11H16N4O4.2CH5N/c1-6-14-7(5-19-6)3-10(17)15-8(4-9(12)16)11(18)13-2;2*1-2/h5,8H,3-4H2,1-2H3,(H2,12,16)(H,13,18)(H,15,17);2*2H2,1H3/t8-;;/m0../s1. The molecule has 0 radical (unpaired) electrons. The van der Waals surface area contributed by atoms with E-state index in [4.69, 9.17) is 10.2 Å². The maximum Gasteiger partial charge on any atom is 0.242 e. The predicted octanol–water partition coefficient (Wildman–Crippen LogP) is -2.22. The number of oxazole rings is 1. The Morgan fingerprint density at radius 3 is 2.22 bits per heavy atom. The first-order valence-corrected chi connectivity index (χ1v) is 6.78. The van der Waals surface area contributed by atoms with Crippen molar-refractivity contribution in [2.45, 2.75) is 25.8 Å². The van der Waals surface area contributed by atoms with Crippen LogP contribution >= 0.6 is 0 Å². The fourth-order valence-corrected chi connectivity index (χ4v) is 1.48. The summed E-state index contributed by atoms with van der Waals surface area (Å²) in [5, 5.41) is 4.77. The highest BCUT2D eigenvalue weighted by Gasteiger charge is 2.22. The molecule has 0 saturated heterocycles. The second kappa shape index (κ2) is 13.2. The number of hydrogen-bond donors (Lipinski definition) is 5. The third-order valence-corrected chi connectivity index (χ3v) is 2.31. The number of nitrogens with two attached hydrogens (primary N) is 3. The summed E-state index contributed by atoms with van der Waals surface area (Å²) < 4.78 is 4.96. The number of nitrogens with one attached hydrogen (secondary N) is 2. The van der Waals surface area contributed by atoms with Gasteiger partial charge in [-0.1, -0.05) is 0 Å². The zero-order valence-electron chi connectivity index (χ0n) is 13.9. The van der Waals surface area contributed by atoms with Crippen LogP contribution in [0, 0.1) is 6.92 Å². The van der Waals surface area contributed by atoms with E-state index in [0.29, 0.717) is 11.6 Å². The number of primary amides is 1. The number of aromatic nitrogens is 1. The zero-order chi connectivity index (χ0) is 18.4. The smallest absolute Gasteiger partial charge is 0.242 e. The van der Waals surface area contributed by atoms with E-state index in [2.05, 4.69) is 27.1 Å². The number of aryl methyl sites for hydroxylation is 1. The Bertz CT molecular complexity index is 489. The van der Waals surface area contributed by atoms with Gasteiger partial charge in [0.15, 0.2) is 5.89 Å². The van der Waals surface area contributed by atoms with Crippen molar-refractivity contribution in [3.8, 4) is 0 Å². The predicted molar refractivity (Wildman–Crippen MR) is 85.0 cm³/mol. The molecule has 8 N–H and O–H groups in total. The summed E-state index contributed by atoms with van der Waals surface area (Å²) in [5.74, 6) is -1.15. The molecule has 0 aliphatic rings. The quantitative estimate of drug-likeness (QED) is 0.392. The van der Waals surface area contributed by atoms with E-state index >= 15 is 0 Å². The first-order valence-electron chi connectivity index (χ1n) is 6.78. The molecule has 10 heteroatoms. The largest absolute Gasteiger partial charge is 0.449 e. The van der Waals surface area contributed by atoms with Gasteiger partial charge >= 0.3 is 0 Å². The van der Waals surface area contributed by atoms with Crippen LogP contribution in [0.4, 0.5) is 0 Å². The van der Waals surface area contributed by atoms with Crippen LogP contribution in [0.3, 0.4) is 0 Å². The van der Waals surface area contributed by atoms with Crippen molar-refractivity contribution in [1.29, 1.82) is 0 Å². The molecule has 0 bridgehead atoms. The second-order valence-electron chi connectivity index (χ2n) is 3.94.